The van der Waals surface area contributed by atoms with E-state index in [0.717, 1.165) is 25.8 Å². The van der Waals surface area contributed by atoms with E-state index in [1.807, 2.05) is 32.6 Å². The number of piperazine rings is 1. The molecule has 2 aromatic carbocycles. The Bertz CT molecular complexity index is 2330. The lowest BCUT2D eigenvalue weighted by Gasteiger charge is -2.48. The van der Waals surface area contributed by atoms with Gasteiger partial charge in [-0.1, -0.05) is 12.0 Å². The van der Waals surface area contributed by atoms with Crippen LogP contribution in [0.25, 0.3) is 32.9 Å². The summed E-state index contributed by atoms with van der Waals surface area (Å²) in [5.74, 6) is 1.65. The zero-order valence-corrected chi connectivity index (χ0v) is 32.6. The molecule has 6 atom stereocenters. The maximum absolute atomic E-state index is 17.6. The minimum absolute atomic E-state index is 0.0520. The Hall–Kier alpha value is -5.07. The minimum Gasteiger partial charge on any atom is -0.472 e. The molecule has 4 fully saturated rings. The van der Waals surface area contributed by atoms with Gasteiger partial charge in [-0.2, -0.15) is 9.97 Å². The lowest BCUT2D eigenvalue weighted by molar-refractivity contribution is 0.000931. The lowest BCUT2D eigenvalue weighted by Crippen LogP contribution is -2.65. The highest BCUT2D eigenvalue weighted by Crippen LogP contribution is 2.48. The van der Waals surface area contributed by atoms with Crippen LogP contribution in [0, 0.1) is 24.0 Å². The number of terminal acetylenes is 1. The molecular formula is C42H45F3N6O6. The number of ether oxygens (including phenoxy) is 5. The van der Waals surface area contributed by atoms with Gasteiger partial charge in [-0.3, -0.25) is 9.80 Å². The van der Waals surface area contributed by atoms with Crippen molar-refractivity contribution in [3.05, 3.63) is 41.5 Å². The van der Waals surface area contributed by atoms with Crippen molar-refractivity contribution in [2.75, 3.05) is 45.0 Å². The zero-order valence-electron chi connectivity index (χ0n) is 32.6. The van der Waals surface area contributed by atoms with E-state index in [2.05, 4.69) is 15.7 Å². The number of fused-ring (bicyclic) bond motifs is 7. The Morgan fingerprint density at radius 3 is 2.70 bits per heavy atom. The molecule has 0 unspecified atom stereocenters. The van der Waals surface area contributed by atoms with Crippen molar-refractivity contribution in [2.24, 2.45) is 0 Å². The first-order valence-corrected chi connectivity index (χ1v) is 19.5. The van der Waals surface area contributed by atoms with Crippen molar-refractivity contribution in [3.63, 3.8) is 0 Å². The molecular weight excluding hydrogens is 741 g/mol. The van der Waals surface area contributed by atoms with Crippen molar-refractivity contribution < 1.29 is 41.7 Å². The van der Waals surface area contributed by atoms with Crippen LogP contribution in [-0.2, 0) is 9.47 Å². The summed E-state index contributed by atoms with van der Waals surface area (Å²) in [6.07, 6.45) is 7.29. The van der Waals surface area contributed by atoms with Crippen LogP contribution in [0.4, 0.5) is 23.8 Å². The van der Waals surface area contributed by atoms with Crippen molar-refractivity contribution in [1.82, 2.24) is 24.8 Å². The average Bonchev–Trinajstić information content (AvgIpc) is 3.78. The van der Waals surface area contributed by atoms with E-state index < -0.39 is 47.2 Å². The van der Waals surface area contributed by atoms with Gasteiger partial charge in [-0.05, 0) is 83.5 Å². The molecule has 12 nitrogen and oxygen atoms in total. The number of nitrogens with zero attached hydrogens (tertiary/aromatic N) is 6. The first kappa shape index (κ1) is 37.5. The first-order chi connectivity index (χ1) is 27.3. The van der Waals surface area contributed by atoms with Gasteiger partial charge < -0.3 is 28.6 Å². The maximum atomic E-state index is 17.6. The van der Waals surface area contributed by atoms with Crippen LogP contribution < -0.4 is 19.1 Å². The third-order valence-corrected chi connectivity index (χ3v) is 12.1. The highest BCUT2D eigenvalue weighted by molar-refractivity contribution is 6.04. The summed E-state index contributed by atoms with van der Waals surface area (Å²) < 4.78 is 77.7. The molecule has 57 heavy (non-hydrogen) atoms. The lowest BCUT2D eigenvalue weighted by atomic mass is 9.95. The second kappa shape index (κ2) is 13.8. The van der Waals surface area contributed by atoms with Crippen LogP contribution in [0.5, 0.6) is 17.6 Å². The quantitative estimate of drug-likeness (QED) is 0.146. The molecule has 7 heterocycles. The second-order valence-corrected chi connectivity index (χ2v) is 16.8. The van der Waals surface area contributed by atoms with Gasteiger partial charge in [0.25, 0.3) is 0 Å². The SMILES string of the molecule is C#Cc1c(F)ccc2cc(OCOC)cc(-c3nc4c5c(nc(OC[C@@]67CCCN6C[C@H](F)C7)nc5c3F)N3C[C@H]5CC[C@@H]([C@H]3[C@H](C)O4)N5C(=O)OC(C)(C)C)c12. The molecule has 4 aromatic rings. The normalized spacial score (nSPS) is 26.5. The van der Waals surface area contributed by atoms with Gasteiger partial charge in [0.15, 0.2) is 12.6 Å². The van der Waals surface area contributed by atoms with Crippen LogP contribution in [-0.4, -0.2) is 113 Å². The monoisotopic (exact) mass is 786 g/mol. The Morgan fingerprint density at radius 1 is 1.11 bits per heavy atom. The van der Waals surface area contributed by atoms with E-state index in [9.17, 15) is 9.18 Å². The number of halogens is 3. The predicted octanol–water partition coefficient (Wildman–Crippen LogP) is 6.78. The standard InChI is InChI=1S/C42H45F3N6O6/c1-7-27-29(44)11-9-23-15-26(55-21-53-6)16-28(31(23)27)34-33(45)35-32-37(48-39(47-35)54-20-42-13-8-14-49(42)18-24(43)17-42)50-19-25-10-12-30(36(50)22(2)56-38(32)46-34)51(25)40(52)57-41(3,4)5/h1,9,11,15-16,22,24-25,30,36H,8,10,12-14,17-21H2,2-6H3/t22-,24+,25+,30-,36+,42-/m0/s1. The van der Waals surface area contributed by atoms with E-state index in [4.69, 9.17) is 45.1 Å². The molecule has 0 N–H and O–H groups in total. The number of amides is 1. The largest absolute Gasteiger partial charge is 0.472 e. The number of hydrogen-bond donors (Lipinski definition) is 0. The van der Waals surface area contributed by atoms with Gasteiger partial charge in [0.2, 0.25) is 5.88 Å². The summed E-state index contributed by atoms with van der Waals surface area (Å²) >= 11 is 0. The van der Waals surface area contributed by atoms with Crippen LogP contribution in [0.1, 0.15) is 65.4 Å². The third-order valence-electron chi connectivity index (χ3n) is 12.1. The molecule has 2 bridgehead atoms. The molecule has 0 radical (unpaired) electrons. The predicted molar refractivity (Wildman–Crippen MR) is 205 cm³/mol. The number of alkyl halides is 1. The van der Waals surface area contributed by atoms with Crippen molar-refractivity contribution in [1.29, 1.82) is 0 Å². The number of pyridine rings is 1. The van der Waals surface area contributed by atoms with Crippen LogP contribution in [0.3, 0.4) is 0 Å². The number of benzene rings is 2. The molecule has 1 amide bonds. The van der Waals surface area contributed by atoms with E-state index in [-0.39, 0.29) is 70.5 Å². The molecule has 15 heteroatoms. The van der Waals surface area contributed by atoms with Gasteiger partial charge in [0.1, 0.15) is 58.5 Å². The van der Waals surface area contributed by atoms with Crippen molar-refractivity contribution in [3.8, 4) is 41.2 Å². The van der Waals surface area contributed by atoms with E-state index in [0.29, 0.717) is 42.9 Å². The summed E-state index contributed by atoms with van der Waals surface area (Å²) in [7, 11) is 1.47. The number of rotatable bonds is 7. The molecule has 5 aliphatic rings. The Morgan fingerprint density at radius 2 is 1.93 bits per heavy atom. The number of carbonyl (C=O) groups is 1. The van der Waals surface area contributed by atoms with E-state index in [1.165, 1.54) is 25.3 Å². The smallest absolute Gasteiger partial charge is 0.410 e. The van der Waals surface area contributed by atoms with E-state index >= 15 is 8.78 Å². The molecule has 5 aliphatic heterocycles. The molecule has 0 spiro atoms. The van der Waals surface area contributed by atoms with Gasteiger partial charge >= 0.3 is 12.1 Å². The zero-order chi connectivity index (χ0) is 40.0. The minimum atomic E-state index is -0.975. The van der Waals surface area contributed by atoms with Gasteiger partial charge in [0, 0.05) is 37.6 Å². The number of aromatic nitrogens is 3. The first-order valence-electron chi connectivity index (χ1n) is 19.5. The van der Waals surface area contributed by atoms with Crippen LogP contribution in [0.15, 0.2) is 24.3 Å². The molecule has 2 aromatic heterocycles. The topological polar surface area (TPSA) is 112 Å². The number of anilines is 1. The highest BCUT2D eigenvalue weighted by Gasteiger charge is 2.54. The number of methoxy groups -OCH3 is 1. The number of hydrogen-bond acceptors (Lipinski definition) is 11. The molecule has 4 saturated heterocycles. The van der Waals surface area contributed by atoms with Gasteiger partial charge in [-0.15, -0.1) is 6.42 Å². The summed E-state index contributed by atoms with van der Waals surface area (Å²) in [5, 5.41) is 0.964. The maximum Gasteiger partial charge on any atom is 0.410 e. The van der Waals surface area contributed by atoms with E-state index in [1.54, 1.807) is 6.07 Å². The number of carbonyl (C=O) groups excluding carboxylic acids is 1. The summed E-state index contributed by atoms with van der Waals surface area (Å²) in [4.78, 5) is 34.2. The summed E-state index contributed by atoms with van der Waals surface area (Å²) in [5.41, 5.74) is -1.48. The van der Waals surface area contributed by atoms with Crippen LogP contribution >= 0.6 is 0 Å². The molecule has 0 saturated carbocycles. The van der Waals surface area contributed by atoms with Gasteiger partial charge in [-0.25, -0.2) is 22.9 Å². The van der Waals surface area contributed by atoms with Crippen molar-refractivity contribution in [2.45, 2.75) is 101 Å². The summed E-state index contributed by atoms with van der Waals surface area (Å²) in [6.45, 7) is 8.87. The second-order valence-electron chi connectivity index (χ2n) is 16.8. The Balaban J connectivity index is 1.23. The molecule has 9 rings (SSSR count). The molecule has 0 aliphatic carbocycles. The van der Waals surface area contributed by atoms with Gasteiger partial charge in [0.05, 0.1) is 29.2 Å². The van der Waals surface area contributed by atoms with Crippen LogP contribution in [0.2, 0.25) is 0 Å². The third kappa shape index (κ3) is 6.23. The fourth-order valence-corrected chi connectivity index (χ4v) is 9.86. The fourth-order valence-electron chi connectivity index (χ4n) is 9.86. The highest BCUT2D eigenvalue weighted by atomic mass is 19.1. The Labute approximate surface area is 328 Å². The Kier molecular flexibility index (Phi) is 9.08. The summed E-state index contributed by atoms with van der Waals surface area (Å²) in [6, 6.07) is 4.91. The van der Waals surface area contributed by atoms with Crippen molar-refractivity contribution >= 4 is 33.6 Å². The average molecular weight is 787 g/mol. The molecule has 300 valence electrons. The fraction of sp³-hybridized carbons (Fsp3) is 0.524.